The fourth-order valence-electron chi connectivity index (χ4n) is 2.64. The highest BCUT2D eigenvalue weighted by atomic mass is 16.3. The van der Waals surface area contributed by atoms with E-state index in [-0.39, 0.29) is 11.4 Å². The number of anilines is 1. The van der Waals surface area contributed by atoms with E-state index in [9.17, 15) is 9.90 Å². The summed E-state index contributed by atoms with van der Waals surface area (Å²) in [5.74, 6) is 0.532. The second-order valence-corrected chi connectivity index (χ2v) is 6.97. The highest BCUT2D eigenvalue weighted by Gasteiger charge is 2.21. The van der Waals surface area contributed by atoms with Crippen LogP contribution in [0.25, 0.3) is 5.69 Å². The molecular weight excluding hydrogens is 304 g/mol. The number of hydrogen-bond acceptors (Lipinski definition) is 3. The summed E-state index contributed by atoms with van der Waals surface area (Å²) in [4.78, 5) is 12.1. The molecule has 3 N–H and O–H groups in total. The van der Waals surface area contributed by atoms with Crippen LogP contribution in [0.15, 0.2) is 36.5 Å². The zero-order valence-corrected chi connectivity index (χ0v) is 14.7. The number of hydrogen-bond donors (Lipinski definition) is 3. The average Bonchev–Trinajstić information content (AvgIpc) is 2.86. The fourth-order valence-corrected chi connectivity index (χ4v) is 2.64. The number of carbonyl (C=O) groups excluding carboxylic acids is 1. The number of aliphatic hydroxyl groups is 1. The van der Waals surface area contributed by atoms with E-state index in [2.05, 4.69) is 15.7 Å². The highest BCUT2D eigenvalue weighted by molar-refractivity contribution is 5.88. The number of benzene rings is 1. The summed E-state index contributed by atoms with van der Waals surface area (Å²) in [5.41, 5.74) is 1.65. The molecule has 0 bridgehead atoms. The lowest BCUT2D eigenvalue weighted by Crippen LogP contribution is -2.38. The van der Waals surface area contributed by atoms with Crippen molar-refractivity contribution in [3.8, 4) is 5.69 Å². The van der Waals surface area contributed by atoms with Crippen molar-refractivity contribution in [3.05, 3.63) is 42.1 Å². The number of amides is 2. The first-order valence-electron chi connectivity index (χ1n) is 8.11. The molecule has 0 aliphatic rings. The topological polar surface area (TPSA) is 79.2 Å². The molecule has 0 fully saturated rings. The third-order valence-electron chi connectivity index (χ3n) is 3.73. The van der Waals surface area contributed by atoms with E-state index < -0.39 is 6.10 Å². The van der Waals surface area contributed by atoms with Crippen molar-refractivity contribution < 1.29 is 9.90 Å². The molecule has 0 aliphatic heterocycles. The first kappa shape index (κ1) is 18.0. The lowest BCUT2D eigenvalue weighted by Gasteiger charge is -2.26. The summed E-state index contributed by atoms with van der Waals surface area (Å²) in [5, 5.41) is 19.5. The van der Waals surface area contributed by atoms with Crippen molar-refractivity contribution in [2.24, 2.45) is 5.41 Å². The molecule has 1 aromatic carbocycles. The van der Waals surface area contributed by atoms with Gasteiger partial charge in [0.25, 0.3) is 0 Å². The molecule has 2 aromatic rings. The normalized spacial score (nSPS) is 12.7. The van der Waals surface area contributed by atoms with Crippen LogP contribution in [-0.2, 0) is 0 Å². The van der Waals surface area contributed by atoms with E-state index in [1.54, 1.807) is 11.6 Å². The van der Waals surface area contributed by atoms with Crippen LogP contribution in [-0.4, -0.2) is 33.6 Å². The van der Waals surface area contributed by atoms with Crippen LogP contribution in [0.1, 0.15) is 32.8 Å². The predicted octanol–water partition coefficient (Wildman–Crippen LogP) is 3.10. The monoisotopic (exact) mass is 330 g/mol. The van der Waals surface area contributed by atoms with E-state index in [1.165, 1.54) is 0 Å². The van der Waals surface area contributed by atoms with Crippen LogP contribution in [0.2, 0.25) is 0 Å². The molecule has 0 saturated carbocycles. The van der Waals surface area contributed by atoms with Crippen LogP contribution in [0, 0.1) is 12.3 Å². The van der Waals surface area contributed by atoms with Crippen molar-refractivity contribution in [3.63, 3.8) is 0 Å². The summed E-state index contributed by atoms with van der Waals surface area (Å²) in [6, 6.07) is 9.44. The van der Waals surface area contributed by atoms with Gasteiger partial charge in [-0.2, -0.15) is 0 Å². The Bertz CT molecular complexity index is 678. The Morgan fingerprint density at radius 2 is 2.00 bits per heavy atom. The number of aryl methyl sites for hydroxylation is 1. The van der Waals surface area contributed by atoms with Gasteiger partial charge in [-0.15, -0.1) is 5.10 Å². The standard InChI is InChI=1S/C18H26N4O2/c1-13-11-22(15-8-6-5-7-9-15)21-16(13)20-17(24)19-12-18(3,4)10-14(2)23/h5-9,11,14,23H,10,12H2,1-4H3,(H2,19,20,21,24). The van der Waals surface area contributed by atoms with Gasteiger partial charge >= 0.3 is 6.03 Å². The van der Waals surface area contributed by atoms with Crippen LogP contribution in [0.4, 0.5) is 10.6 Å². The number of aromatic nitrogens is 2. The van der Waals surface area contributed by atoms with Crippen molar-refractivity contribution in [1.29, 1.82) is 0 Å². The predicted molar refractivity (Wildman–Crippen MR) is 95.4 cm³/mol. The summed E-state index contributed by atoms with van der Waals surface area (Å²) < 4.78 is 1.74. The maximum atomic E-state index is 12.1. The summed E-state index contributed by atoms with van der Waals surface area (Å²) in [6.07, 6.45) is 2.10. The second kappa shape index (κ2) is 7.49. The lowest BCUT2D eigenvalue weighted by atomic mass is 9.87. The van der Waals surface area contributed by atoms with Crippen LogP contribution in [0.5, 0.6) is 0 Å². The lowest BCUT2D eigenvalue weighted by molar-refractivity contribution is 0.129. The molecule has 0 saturated heterocycles. The van der Waals surface area contributed by atoms with Crippen molar-refractivity contribution in [2.45, 2.75) is 40.2 Å². The number of rotatable bonds is 6. The molecule has 6 nitrogen and oxygen atoms in total. The molecule has 0 radical (unpaired) electrons. The zero-order valence-electron chi connectivity index (χ0n) is 14.7. The van der Waals surface area contributed by atoms with Gasteiger partial charge in [-0.3, -0.25) is 5.32 Å². The third-order valence-corrected chi connectivity index (χ3v) is 3.73. The molecule has 130 valence electrons. The minimum atomic E-state index is -0.395. The molecule has 1 atom stereocenters. The molecule has 1 heterocycles. The Labute approximate surface area is 142 Å². The van der Waals surface area contributed by atoms with Gasteiger partial charge in [-0.1, -0.05) is 32.0 Å². The Morgan fingerprint density at radius 1 is 1.33 bits per heavy atom. The van der Waals surface area contributed by atoms with Gasteiger partial charge in [0.2, 0.25) is 0 Å². The minimum Gasteiger partial charge on any atom is -0.393 e. The van der Waals surface area contributed by atoms with E-state index in [4.69, 9.17) is 0 Å². The molecule has 24 heavy (non-hydrogen) atoms. The van der Waals surface area contributed by atoms with Gasteiger partial charge in [0.05, 0.1) is 11.8 Å². The number of para-hydroxylation sites is 1. The van der Waals surface area contributed by atoms with E-state index >= 15 is 0 Å². The van der Waals surface area contributed by atoms with Crippen LogP contribution in [0.3, 0.4) is 0 Å². The maximum Gasteiger partial charge on any atom is 0.320 e. The average molecular weight is 330 g/mol. The van der Waals surface area contributed by atoms with Gasteiger partial charge in [0, 0.05) is 18.3 Å². The van der Waals surface area contributed by atoms with Crippen molar-refractivity contribution in [1.82, 2.24) is 15.1 Å². The number of nitrogens with one attached hydrogen (secondary N) is 2. The maximum absolute atomic E-state index is 12.1. The first-order valence-corrected chi connectivity index (χ1v) is 8.11. The number of aliphatic hydroxyl groups excluding tert-OH is 1. The Kier molecular flexibility index (Phi) is 5.62. The molecule has 0 aliphatic carbocycles. The van der Waals surface area contributed by atoms with Crippen molar-refractivity contribution in [2.75, 3.05) is 11.9 Å². The molecule has 2 rings (SSSR count). The minimum absolute atomic E-state index is 0.177. The molecular formula is C18H26N4O2. The summed E-state index contributed by atoms with van der Waals surface area (Å²) >= 11 is 0. The summed E-state index contributed by atoms with van der Waals surface area (Å²) in [6.45, 7) is 8.15. The Hall–Kier alpha value is -2.34. The van der Waals surface area contributed by atoms with Crippen LogP contribution >= 0.6 is 0 Å². The highest BCUT2D eigenvalue weighted by Crippen LogP contribution is 2.21. The number of carbonyl (C=O) groups is 1. The SMILES string of the molecule is Cc1cn(-c2ccccc2)nc1NC(=O)NCC(C)(C)CC(C)O. The van der Waals surface area contributed by atoms with Gasteiger partial charge in [-0.25, -0.2) is 9.48 Å². The molecule has 1 unspecified atom stereocenters. The Balaban J connectivity index is 1.96. The molecule has 6 heteroatoms. The van der Waals surface area contributed by atoms with Gasteiger partial charge in [-0.05, 0) is 37.8 Å². The smallest absolute Gasteiger partial charge is 0.320 e. The first-order chi connectivity index (χ1) is 11.3. The van der Waals surface area contributed by atoms with E-state index in [0.717, 1.165) is 11.3 Å². The number of nitrogens with zero attached hydrogens (tertiary/aromatic N) is 2. The Morgan fingerprint density at radius 3 is 2.62 bits per heavy atom. The largest absolute Gasteiger partial charge is 0.393 e. The molecule has 1 aromatic heterocycles. The van der Waals surface area contributed by atoms with Gasteiger partial charge in [0.1, 0.15) is 0 Å². The number of urea groups is 1. The zero-order chi connectivity index (χ0) is 17.7. The van der Waals surface area contributed by atoms with E-state index in [0.29, 0.717) is 18.8 Å². The molecule has 2 amide bonds. The van der Waals surface area contributed by atoms with Gasteiger partial charge < -0.3 is 10.4 Å². The summed E-state index contributed by atoms with van der Waals surface area (Å²) in [7, 11) is 0. The fraction of sp³-hybridized carbons (Fsp3) is 0.444. The van der Waals surface area contributed by atoms with Gasteiger partial charge in [0.15, 0.2) is 5.82 Å². The van der Waals surface area contributed by atoms with E-state index in [1.807, 2.05) is 57.3 Å². The second-order valence-electron chi connectivity index (χ2n) is 6.97. The van der Waals surface area contributed by atoms with Crippen LogP contribution < -0.4 is 10.6 Å². The molecule has 0 spiro atoms. The van der Waals surface area contributed by atoms with Crippen molar-refractivity contribution >= 4 is 11.8 Å². The third kappa shape index (κ3) is 5.09. The quantitative estimate of drug-likeness (QED) is 0.761.